The summed E-state index contributed by atoms with van der Waals surface area (Å²) >= 11 is 3.39. The SMILES string of the molecule is CC1(C)C2OCCCC2C1(N)C(=O)Nc1ccc(Br)cc1.Cl. The zero-order valence-electron chi connectivity index (χ0n) is 12.8. The van der Waals surface area contributed by atoms with Crippen molar-refractivity contribution in [3.8, 4) is 0 Å². The van der Waals surface area contributed by atoms with Gasteiger partial charge in [-0.05, 0) is 37.1 Å². The summed E-state index contributed by atoms with van der Waals surface area (Å²) in [6.45, 7) is 4.83. The largest absolute Gasteiger partial charge is 0.377 e. The molecule has 3 N–H and O–H groups in total. The summed E-state index contributed by atoms with van der Waals surface area (Å²) in [7, 11) is 0. The van der Waals surface area contributed by atoms with Gasteiger partial charge in [-0.3, -0.25) is 4.79 Å². The molecule has 2 aliphatic rings. The Kier molecular flexibility index (Phi) is 4.93. The molecule has 3 atom stereocenters. The number of hydrogen-bond acceptors (Lipinski definition) is 3. The highest BCUT2D eigenvalue weighted by Gasteiger charge is 2.70. The normalized spacial score (nSPS) is 32.2. The third kappa shape index (κ3) is 2.48. The molecule has 1 aliphatic carbocycles. The van der Waals surface area contributed by atoms with E-state index in [0.717, 1.165) is 29.6 Å². The molecule has 1 amide bonds. The summed E-state index contributed by atoms with van der Waals surface area (Å²) in [5.41, 5.74) is 6.10. The van der Waals surface area contributed by atoms with E-state index >= 15 is 0 Å². The maximum absolute atomic E-state index is 12.8. The first-order valence-corrected chi connectivity index (χ1v) is 8.14. The fourth-order valence-electron chi connectivity index (χ4n) is 3.80. The van der Waals surface area contributed by atoms with Crippen molar-refractivity contribution < 1.29 is 9.53 Å². The van der Waals surface area contributed by atoms with Gasteiger partial charge in [0.05, 0.1) is 6.10 Å². The highest BCUT2D eigenvalue weighted by atomic mass is 79.9. The van der Waals surface area contributed by atoms with Crippen LogP contribution >= 0.6 is 28.3 Å². The van der Waals surface area contributed by atoms with E-state index < -0.39 is 5.54 Å². The summed E-state index contributed by atoms with van der Waals surface area (Å²) in [5, 5.41) is 2.96. The first-order chi connectivity index (χ1) is 9.87. The number of amides is 1. The standard InChI is InChI=1S/C16H21BrN2O2.ClH/c1-15(2)13-12(4-3-9-21-13)16(15,18)14(20)19-11-7-5-10(17)6-8-11;/h5-8,12-13H,3-4,9,18H2,1-2H3,(H,19,20);1H. The number of rotatable bonds is 2. The van der Waals surface area contributed by atoms with Gasteiger partial charge in [0.2, 0.25) is 5.91 Å². The van der Waals surface area contributed by atoms with Crippen LogP contribution in [0.3, 0.4) is 0 Å². The Hall–Kier alpha value is -0.620. The second-order valence-corrected chi connectivity index (χ2v) is 7.51. The number of nitrogens with one attached hydrogen (secondary N) is 1. The molecule has 1 heterocycles. The van der Waals surface area contributed by atoms with Crippen molar-refractivity contribution in [1.29, 1.82) is 0 Å². The van der Waals surface area contributed by atoms with Crippen molar-refractivity contribution in [1.82, 2.24) is 0 Å². The molecule has 2 fully saturated rings. The number of carbonyl (C=O) groups is 1. The van der Waals surface area contributed by atoms with Crippen molar-refractivity contribution in [3.63, 3.8) is 0 Å². The van der Waals surface area contributed by atoms with Gasteiger partial charge < -0.3 is 15.8 Å². The molecule has 3 unspecified atom stereocenters. The molecular formula is C16H22BrClN2O2. The smallest absolute Gasteiger partial charge is 0.245 e. The lowest BCUT2D eigenvalue weighted by Gasteiger charge is -2.65. The van der Waals surface area contributed by atoms with Crippen LogP contribution in [0, 0.1) is 11.3 Å². The van der Waals surface area contributed by atoms with E-state index in [1.165, 1.54) is 0 Å². The molecule has 1 aromatic carbocycles. The predicted molar refractivity (Wildman–Crippen MR) is 93.2 cm³/mol. The van der Waals surface area contributed by atoms with Crippen LogP contribution in [-0.2, 0) is 9.53 Å². The Labute approximate surface area is 145 Å². The summed E-state index contributed by atoms with van der Waals surface area (Å²) < 4.78 is 6.82. The van der Waals surface area contributed by atoms with E-state index in [-0.39, 0.29) is 35.8 Å². The molecule has 3 rings (SSSR count). The molecule has 1 saturated carbocycles. The molecule has 0 spiro atoms. The highest BCUT2D eigenvalue weighted by molar-refractivity contribution is 9.10. The number of carbonyl (C=O) groups excluding carboxylic acids is 1. The molecule has 122 valence electrons. The van der Waals surface area contributed by atoms with E-state index in [0.29, 0.717) is 0 Å². The minimum Gasteiger partial charge on any atom is -0.377 e. The lowest BCUT2D eigenvalue weighted by atomic mass is 9.46. The molecule has 22 heavy (non-hydrogen) atoms. The monoisotopic (exact) mass is 388 g/mol. The number of halogens is 2. The molecule has 1 aliphatic heterocycles. The minimum atomic E-state index is -0.870. The molecule has 0 aromatic heterocycles. The second-order valence-electron chi connectivity index (χ2n) is 6.59. The van der Waals surface area contributed by atoms with Gasteiger partial charge in [0.15, 0.2) is 0 Å². The van der Waals surface area contributed by atoms with Gasteiger partial charge in [0, 0.05) is 28.1 Å². The van der Waals surface area contributed by atoms with Crippen molar-refractivity contribution in [2.75, 3.05) is 11.9 Å². The van der Waals surface area contributed by atoms with Crippen molar-refractivity contribution in [2.24, 2.45) is 17.1 Å². The quantitative estimate of drug-likeness (QED) is 0.815. The van der Waals surface area contributed by atoms with Crippen LogP contribution in [0.15, 0.2) is 28.7 Å². The van der Waals surface area contributed by atoms with Crippen molar-refractivity contribution in [3.05, 3.63) is 28.7 Å². The second kappa shape index (κ2) is 6.11. The van der Waals surface area contributed by atoms with Crippen LogP contribution in [0.4, 0.5) is 5.69 Å². The van der Waals surface area contributed by atoms with Crippen LogP contribution in [0.5, 0.6) is 0 Å². The lowest BCUT2D eigenvalue weighted by Crippen LogP contribution is -2.81. The molecule has 6 heteroatoms. The lowest BCUT2D eigenvalue weighted by molar-refractivity contribution is -0.222. The summed E-state index contributed by atoms with van der Waals surface area (Å²) in [6.07, 6.45) is 2.02. The zero-order chi connectivity index (χ0) is 15.3. The summed E-state index contributed by atoms with van der Waals surface area (Å²) in [6, 6.07) is 7.53. The van der Waals surface area contributed by atoms with E-state index in [1.54, 1.807) is 0 Å². The number of benzene rings is 1. The summed E-state index contributed by atoms with van der Waals surface area (Å²) in [4.78, 5) is 12.8. The third-order valence-electron chi connectivity index (χ3n) is 5.16. The Balaban J connectivity index is 0.00000176. The molecule has 1 saturated heterocycles. The predicted octanol–water partition coefficient (Wildman–Crippen LogP) is 3.34. The molecule has 4 nitrogen and oxygen atoms in total. The Morgan fingerprint density at radius 2 is 2.00 bits per heavy atom. The van der Waals surface area contributed by atoms with Gasteiger partial charge in [-0.25, -0.2) is 0 Å². The first-order valence-electron chi connectivity index (χ1n) is 7.35. The van der Waals surface area contributed by atoms with Crippen LogP contribution < -0.4 is 11.1 Å². The first kappa shape index (κ1) is 17.7. The third-order valence-corrected chi connectivity index (χ3v) is 5.69. The van der Waals surface area contributed by atoms with Gasteiger partial charge in [-0.15, -0.1) is 12.4 Å². The van der Waals surface area contributed by atoms with Gasteiger partial charge in [0.25, 0.3) is 0 Å². The number of ether oxygens (including phenoxy) is 1. The van der Waals surface area contributed by atoms with Gasteiger partial charge in [-0.1, -0.05) is 29.8 Å². The number of hydrogen-bond donors (Lipinski definition) is 2. The van der Waals surface area contributed by atoms with E-state index in [2.05, 4.69) is 21.2 Å². The highest BCUT2D eigenvalue weighted by Crippen LogP contribution is 2.57. The number of fused-ring (bicyclic) bond motifs is 1. The van der Waals surface area contributed by atoms with E-state index in [1.807, 2.05) is 38.1 Å². The number of nitrogens with two attached hydrogens (primary N) is 1. The fourth-order valence-corrected chi connectivity index (χ4v) is 4.07. The van der Waals surface area contributed by atoms with Gasteiger partial charge in [0.1, 0.15) is 5.54 Å². The Bertz CT molecular complexity index is 564. The summed E-state index contributed by atoms with van der Waals surface area (Å²) in [5.74, 6) is -0.00160. The average Bonchev–Trinajstić information content (AvgIpc) is 2.48. The number of anilines is 1. The fraction of sp³-hybridized carbons (Fsp3) is 0.562. The molecule has 0 radical (unpaired) electrons. The zero-order valence-corrected chi connectivity index (χ0v) is 15.2. The van der Waals surface area contributed by atoms with E-state index in [4.69, 9.17) is 10.5 Å². The molecular weight excluding hydrogens is 368 g/mol. The molecule has 0 bridgehead atoms. The minimum absolute atomic E-state index is 0. The Morgan fingerprint density at radius 1 is 1.36 bits per heavy atom. The maximum atomic E-state index is 12.8. The van der Waals surface area contributed by atoms with Gasteiger partial charge >= 0.3 is 0 Å². The average molecular weight is 390 g/mol. The van der Waals surface area contributed by atoms with Crippen LogP contribution in [-0.4, -0.2) is 24.2 Å². The van der Waals surface area contributed by atoms with E-state index in [9.17, 15) is 4.79 Å². The van der Waals surface area contributed by atoms with Gasteiger partial charge in [-0.2, -0.15) is 0 Å². The van der Waals surface area contributed by atoms with Crippen LogP contribution in [0.1, 0.15) is 26.7 Å². The topological polar surface area (TPSA) is 64.3 Å². The maximum Gasteiger partial charge on any atom is 0.245 e. The molecule has 1 aromatic rings. The van der Waals surface area contributed by atoms with Crippen molar-refractivity contribution >= 4 is 39.9 Å². The van der Waals surface area contributed by atoms with Crippen LogP contribution in [0.2, 0.25) is 0 Å². The Morgan fingerprint density at radius 3 is 2.64 bits per heavy atom. The van der Waals surface area contributed by atoms with Crippen molar-refractivity contribution in [2.45, 2.75) is 38.3 Å². The van der Waals surface area contributed by atoms with Crippen LogP contribution in [0.25, 0.3) is 0 Å².